The monoisotopic (exact) mass is 448 g/mol. The first kappa shape index (κ1) is 21.4. The fourth-order valence-electron chi connectivity index (χ4n) is 2.31. The summed E-state index contributed by atoms with van der Waals surface area (Å²) in [7, 11) is 0. The van der Waals surface area contributed by atoms with Gasteiger partial charge < -0.3 is 15.2 Å². The van der Waals surface area contributed by atoms with Crippen molar-refractivity contribution in [3.05, 3.63) is 41.5 Å². The molecule has 0 aliphatic heterocycles. The van der Waals surface area contributed by atoms with Gasteiger partial charge in [0, 0.05) is 21.9 Å². The van der Waals surface area contributed by atoms with E-state index in [1.54, 1.807) is 31.7 Å². The largest absolute Gasteiger partial charge is 0.360 e. The highest BCUT2D eigenvalue weighted by atomic mass is 32.2. The second-order valence-corrected chi connectivity index (χ2v) is 9.15. The van der Waals surface area contributed by atoms with Gasteiger partial charge in [-0.3, -0.25) is 9.59 Å². The average molecular weight is 449 g/mol. The number of aryl methyl sites for hydroxylation is 1. The number of hydrogen-bond donors (Lipinski definition) is 2. The lowest BCUT2D eigenvalue weighted by atomic mass is 10.2. The molecule has 0 spiro atoms. The zero-order valence-corrected chi connectivity index (χ0v) is 18.5. The topological polar surface area (TPSA) is 97.1 Å². The number of thiazole rings is 1. The number of benzene rings is 1. The van der Waals surface area contributed by atoms with Crippen LogP contribution in [0.3, 0.4) is 0 Å². The van der Waals surface area contributed by atoms with E-state index in [9.17, 15) is 9.59 Å². The van der Waals surface area contributed by atoms with Crippen LogP contribution in [0.2, 0.25) is 0 Å². The highest BCUT2D eigenvalue weighted by molar-refractivity contribution is 8.01. The zero-order valence-electron chi connectivity index (χ0n) is 16.1. The normalized spacial score (nSPS) is 11.8. The number of anilines is 2. The summed E-state index contributed by atoms with van der Waals surface area (Å²) < 4.78 is 4.91. The Bertz CT molecular complexity index is 985. The zero-order chi connectivity index (χ0) is 20.8. The molecule has 0 saturated carbocycles. The van der Waals surface area contributed by atoms with Crippen LogP contribution in [-0.2, 0) is 9.59 Å². The Morgan fingerprint density at radius 3 is 2.66 bits per heavy atom. The van der Waals surface area contributed by atoms with E-state index in [-0.39, 0.29) is 17.6 Å². The summed E-state index contributed by atoms with van der Waals surface area (Å²) in [4.78, 5) is 30.0. The van der Waals surface area contributed by atoms with E-state index in [0.717, 1.165) is 11.3 Å². The van der Waals surface area contributed by atoms with Crippen molar-refractivity contribution in [3.63, 3.8) is 0 Å². The average Bonchev–Trinajstić information content (AvgIpc) is 3.35. The second-order valence-electron chi connectivity index (χ2n) is 6.08. The first-order chi connectivity index (χ1) is 13.9. The Labute approximate surface area is 181 Å². The van der Waals surface area contributed by atoms with Crippen LogP contribution in [0.15, 0.2) is 45.1 Å². The number of carbonyl (C=O) groups excluding carboxylic acids is 2. The molecule has 3 rings (SSSR count). The van der Waals surface area contributed by atoms with E-state index in [2.05, 4.69) is 20.8 Å². The van der Waals surface area contributed by atoms with Gasteiger partial charge in [-0.15, -0.1) is 34.9 Å². The van der Waals surface area contributed by atoms with Crippen LogP contribution in [0.5, 0.6) is 0 Å². The highest BCUT2D eigenvalue weighted by Crippen LogP contribution is 2.27. The van der Waals surface area contributed by atoms with Gasteiger partial charge in [0.2, 0.25) is 11.8 Å². The standard InChI is InChI=1S/C19H20N4O3S3/c1-11-8-16(23-26-11)21-18(25)12(2)28-10-17(24)22-19-20-15(9-29-19)13-4-6-14(27-3)7-5-13/h4-9,12H,10H2,1-3H3,(H,20,22,24)(H,21,23,25). The van der Waals surface area contributed by atoms with Crippen LogP contribution >= 0.6 is 34.9 Å². The van der Waals surface area contributed by atoms with Crippen LogP contribution in [0.4, 0.5) is 10.9 Å². The molecule has 2 N–H and O–H groups in total. The summed E-state index contributed by atoms with van der Waals surface area (Å²) in [5, 5.41) is 11.2. The number of thioether (sulfide) groups is 2. The van der Waals surface area contributed by atoms with Crippen LogP contribution < -0.4 is 10.6 Å². The Morgan fingerprint density at radius 2 is 2.00 bits per heavy atom. The number of nitrogens with one attached hydrogen (secondary N) is 2. The van der Waals surface area contributed by atoms with Crippen LogP contribution in [0, 0.1) is 6.92 Å². The summed E-state index contributed by atoms with van der Waals surface area (Å²) in [6.45, 7) is 3.48. The van der Waals surface area contributed by atoms with Crippen molar-refractivity contribution in [2.24, 2.45) is 0 Å². The van der Waals surface area contributed by atoms with E-state index >= 15 is 0 Å². The number of rotatable bonds is 8. The van der Waals surface area contributed by atoms with E-state index in [1.165, 1.54) is 28.0 Å². The smallest absolute Gasteiger partial charge is 0.238 e. The van der Waals surface area contributed by atoms with E-state index in [1.807, 2.05) is 35.9 Å². The van der Waals surface area contributed by atoms with Crippen LogP contribution in [0.25, 0.3) is 11.3 Å². The molecule has 152 valence electrons. The van der Waals surface area contributed by atoms with Gasteiger partial charge >= 0.3 is 0 Å². The molecule has 10 heteroatoms. The lowest BCUT2D eigenvalue weighted by Crippen LogP contribution is -2.25. The number of nitrogens with zero attached hydrogens (tertiary/aromatic N) is 2. The minimum absolute atomic E-state index is 0.143. The maximum absolute atomic E-state index is 12.2. The maximum Gasteiger partial charge on any atom is 0.238 e. The molecule has 1 aromatic carbocycles. The fourth-order valence-corrected chi connectivity index (χ4v) is 4.14. The van der Waals surface area contributed by atoms with Crippen molar-refractivity contribution >= 4 is 57.6 Å². The molecule has 0 radical (unpaired) electrons. The van der Waals surface area contributed by atoms with Crippen LogP contribution in [-0.4, -0.2) is 39.2 Å². The van der Waals surface area contributed by atoms with Crippen molar-refractivity contribution in [1.29, 1.82) is 0 Å². The highest BCUT2D eigenvalue weighted by Gasteiger charge is 2.17. The van der Waals surface area contributed by atoms with Gasteiger partial charge in [0.15, 0.2) is 10.9 Å². The van der Waals surface area contributed by atoms with E-state index in [0.29, 0.717) is 16.7 Å². The van der Waals surface area contributed by atoms with E-state index < -0.39 is 5.25 Å². The van der Waals surface area contributed by atoms with Gasteiger partial charge in [0.25, 0.3) is 0 Å². The Balaban J connectivity index is 1.47. The van der Waals surface area contributed by atoms with Gasteiger partial charge in [-0.2, -0.15) is 0 Å². The van der Waals surface area contributed by atoms with Crippen LogP contribution in [0.1, 0.15) is 12.7 Å². The van der Waals surface area contributed by atoms with Crippen molar-refractivity contribution < 1.29 is 14.1 Å². The molecule has 0 fully saturated rings. The molecule has 0 bridgehead atoms. The molecular formula is C19H20N4O3S3. The molecule has 2 heterocycles. The molecule has 29 heavy (non-hydrogen) atoms. The minimum Gasteiger partial charge on any atom is -0.360 e. The lowest BCUT2D eigenvalue weighted by molar-refractivity contribution is -0.115. The predicted octanol–water partition coefficient (Wildman–Crippen LogP) is 4.53. The van der Waals surface area contributed by atoms with Gasteiger partial charge in [-0.05, 0) is 32.2 Å². The van der Waals surface area contributed by atoms with Gasteiger partial charge in [0.05, 0.1) is 16.7 Å². The van der Waals surface area contributed by atoms with Crippen molar-refractivity contribution in [3.8, 4) is 11.3 Å². The Hall–Kier alpha value is -2.30. The third-order valence-corrected chi connectivity index (χ3v) is 6.49. The molecular weight excluding hydrogens is 428 g/mol. The van der Waals surface area contributed by atoms with Gasteiger partial charge in [-0.1, -0.05) is 17.3 Å². The molecule has 0 aliphatic rings. The summed E-state index contributed by atoms with van der Waals surface area (Å²) in [6, 6.07) is 9.75. The summed E-state index contributed by atoms with van der Waals surface area (Å²) >= 11 is 4.29. The third kappa shape index (κ3) is 6.09. The molecule has 3 aromatic rings. The van der Waals surface area contributed by atoms with Crippen molar-refractivity contribution in [1.82, 2.24) is 10.1 Å². The molecule has 1 atom stereocenters. The van der Waals surface area contributed by atoms with Crippen molar-refractivity contribution in [2.75, 3.05) is 22.6 Å². The first-order valence-electron chi connectivity index (χ1n) is 8.70. The third-order valence-electron chi connectivity index (χ3n) is 3.85. The number of amides is 2. The molecule has 0 aliphatic carbocycles. The molecule has 2 aromatic heterocycles. The number of aromatic nitrogens is 2. The molecule has 7 nitrogen and oxygen atoms in total. The second kappa shape index (κ2) is 9.95. The predicted molar refractivity (Wildman–Crippen MR) is 120 cm³/mol. The quantitative estimate of drug-likeness (QED) is 0.489. The number of carbonyl (C=O) groups is 2. The lowest BCUT2D eigenvalue weighted by Gasteiger charge is -2.09. The summed E-state index contributed by atoms with van der Waals surface area (Å²) in [5.74, 6) is 0.684. The number of hydrogen-bond acceptors (Lipinski definition) is 8. The maximum atomic E-state index is 12.2. The van der Waals surface area contributed by atoms with Gasteiger partial charge in [-0.25, -0.2) is 4.98 Å². The Morgan fingerprint density at radius 1 is 1.24 bits per heavy atom. The van der Waals surface area contributed by atoms with Crippen molar-refractivity contribution in [2.45, 2.75) is 24.0 Å². The molecule has 2 amide bonds. The molecule has 0 saturated heterocycles. The van der Waals surface area contributed by atoms with Gasteiger partial charge in [0.1, 0.15) is 5.76 Å². The minimum atomic E-state index is -0.417. The summed E-state index contributed by atoms with van der Waals surface area (Å²) in [6.07, 6.45) is 2.03. The first-order valence-corrected chi connectivity index (χ1v) is 11.9. The van der Waals surface area contributed by atoms with E-state index in [4.69, 9.17) is 4.52 Å². The SMILES string of the molecule is CSc1ccc(-c2csc(NC(=O)CSC(C)C(=O)Nc3cc(C)on3)n2)cc1. The fraction of sp³-hybridized carbons (Fsp3) is 0.263. The Kier molecular flexibility index (Phi) is 7.34. The summed E-state index contributed by atoms with van der Waals surface area (Å²) in [5.41, 5.74) is 1.82. The molecule has 1 unspecified atom stereocenters.